The summed E-state index contributed by atoms with van der Waals surface area (Å²) in [6.45, 7) is -1.38. The van der Waals surface area contributed by atoms with Crippen LogP contribution in [0, 0.1) is 0 Å². The zero-order valence-corrected chi connectivity index (χ0v) is 27.9. The maximum atomic E-state index is 13.0. The van der Waals surface area contributed by atoms with Crippen molar-refractivity contribution in [2.24, 2.45) is 5.14 Å². The number of sulfonamides is 1. The number of hydrogen-bond donors (Lipinski definition) is 4. The van der Waals surface area contributed by atoms with Crippen LogP contribution >= 0.6 is 23.1 Å². The lowest BCUT2D eigenvalue weighted by atomic mass is 10.2. The van der Waals surface area contributed by atoms with E-state index in [2.05, 4.69) is 30.9 Å². The highest BCUT2D eigenvalue weighted by molar-refractivity contribution is 7.98. The summed E-state index contributed by atoms with van der Waals surface area (Å²) in [4.78, 5) is 28.5. The van der Waals surface area contributed by atoms with E-state index in [1.807, 2.05) is 6.07 Å². The fraction of sp³-hybridized carbons (Fsp3) is 0.321. The number of amides is 1. The number of carboxylic acids is 1. The van der Waals surface area contributed by atoms with Crippen LogP contribution < -0.4 is 19.9 Å². The van der Waals surface area contributed by atoms with Crippen molar-refractivity contribution in [1.82, 2.24) is 40.3 Å². The summed E-state index contributed by atoms with van der Waals surface area (Å²) in [6.07, 6.45) is 2.99. The van der Waals surface area contributed by atoms with Crippen LogP contribution in [0.2, 0.25) is 0 Å². The first kappa shape index (κ1) is 35.6. The molecule has 49 heavy (non-hydrogen) atoms. The Morgan fingerprint density at radius 3 is 2.51 bits per heavy atom. The van der Waals surface area contributed by atoms with Crippen LogP contribution in [0.1, 0.15) is 23.0 Å². The molecule has 5 rings (SSSR count). The number of thioether (sulfide) groups is 1. The number of nitrogens with zero attached hydrogens (tertiary/aromatic N) is 7. The predicted molar refractivity (Wildman–Crippen MR) is 174 cm³/mol. The lowest BCUT2D eigenvalue weighted by Gasteiger charge is -2.14. The Kier molecular flexibility index (Phi) is 11.7. The van der Waals surface area contributed by atoms with Gasteiger partial charge >= 0.3 is 5.97 Å². The van der Waals surface area contributed by atoms with Gasteiger partial charge in [-0.1, -0.05) is 22.6 Å². The number of hydrogen-bond acceptors (Lipinski definition) is 14. The number of alkyl halides is 1. The van der Waals surface area contributed by atoms with Gasteiger partial charge in [-0.15, -0.1) is 21.5 Å². The van der Waals surface area contributed by atoms with Crippen molar-refractivity contribution in [2.45, 2.75) is 41.9 Å². The molecule has 3 heterocycles. The standard InChI is InChI=1S/C28H30FN9O8S3/c29-8-20(12-39)38-10-19(34-36-38)14-45-21-3-1-2-17(6-21)15-47-16-24(27(41)42)31-26(40)11-37-9-18(33-35-37)13-46-22-4-5-23-25(7-22)48-28(32-23)49(30,43)44/h1-7,9-10,20,24,39H,8,11-16H2,(H,31,40)(H,41,42)(H2,30,43,44)/t20?,24-/m1/s1. The van der Waals surface area contributed by atoms with Crippen molar-refractivity contribution < 1.29 is 42.1 Å². The van der Waals surface area contributed by atoms with Gasteiger partial charge in [-0.3, -0.25) is 4.79 Å². The fourth-order valence-corrected chi connectivity index (χ4v) is 6.91. The summed E-state index contributed by atoms with van der Waals surface area (Å²) in [7, 11) is -3.92. The maximum Gasteiger partial charge on any atom is 0.327 e. The number of thiazole rings is 1. The van der Waals surface area contributed by atoms with Crippen LogP contribution in [0.5, 0.6) is 11.5 Å². The number of aromatic nitrogens is 7. The van der Waals surface area contributed by atoms with Crippen LogP contribution in [0.15, 0.2) is 59.2 Å². The van der Waals surface area contributed by atoms with Crippen molar-refractivity contribution in [3.63, 3.8) is 0 Å². The number of rotatable bonds is 18. The lowest BCUT2D eigenvalue weighted by Crippen LogP contribution is -2.44. The first-order valence-electron chi connectivity index (χ1n) is 14.3. The molecule has 2 aromatic carbocycles. The quantitative estimate of drug-likeness (QED) is 0.0992. The molecule has 0 radical (unpaired) electrons. The molecule has 3 aromatic heterocycles. The molecule has 17 nitrogen and oxygen atoms in total. The third kappa shape index (κ3) is 9.92. The van der Waals surface area contributed by atoms with Gasteiger partial charge in [0, 0.05) is 11.5 Å². The van der Waals surface area contributed by atoms with Crippen molar-refractivity contribution in [2.75, 3.05) is 19.0 Å². The number of carbonyl (C=O) groups is 2. The summed E-state index contributed by atoms with van der Waals surface area (Å²) in [5.41, 5.74) is 2.17. The van der Waals surface area contributed by atoms with Crippen molar-refractivity contribution in [3.8, 4) is 11.5 Å². The van der Waals surface area contributed by atoms with Gasteiger partial charge in [-0.2, -0.15) is 11.8 Å². The Morgan fingerprint density at radius 1 is 1.06 bits per heavy atom. The third-order valence-electron chi connectivity index (χ3n) is 6.65. The second-order valence-electron chi connectivity index (χ2n) is 10.4. The number of ether oxygens (including phenoxy) is 2. The summed E-state index contributed by atoms with van der Waals surface area (Å²) < 4.78 is 50.4. The summed E-state index contributed by atoms with van der Waals surface area (Å²) in [6, 6.07) is 10.0. The largest absolute Gasteiger partial charge is 0.487 e. The number of benzene rings is 2. The van der Waals surface area contributed by atoms with E-state index in [1.54, 1.807) is 36.4 Å². The molecule has 2 atom stereocenters. The topological polar surface area (TPSA) is 240 Å². The first-order chi connectivity index (χ1) is 23.5. The van der Waals surface area contributed by atoms with Gasteiger partial charge in [0.2, 0.25) is 10.2 Å². The average Bonchev–Trinajstić information content (AvgIpc) is 3.83. The van der Waals surface area contributed by atoms with E-state index in [4.69, 9.17) is 14.6 Å². The number of carbonyl (C=O) groups excluding carboxylic acids is 1. The second kappa shape index (κ2) is 16.1. The minimum Gasteiger partial charge on any atom is -0.487 e. The highest BCUT2D eigenvalue weighted by atomic mass is 32.2. The van der Waals surface area contributed by atoms with Crippen LogP contribution in [0.4, 0.5) is 4.39 Å². The highest BCUT2D eigenvalue weighted by Crippen LogP contribution is 2.28. The third-order valence-corrected chi connectivity index (χ3v) is 10.1. The number of nitrogens with one attached hydrogen (secondary N) is 1. The SMILES string of the molecule is NS(=O)(=O)c1nc2ccc(OCc3cn(CC(=O)N[C@H](CSCc4cccc(OCc5cn(C(CO)CF)nn5)c4)C(=O)O)nn3)cc2s1. The molecular formula is C28H30FN9O8S3. The number of aliphatic hydroxyl groups is 1. The van der Waals surface area contributed by atoms with E-state index in [9.17, 15) is 32.6 Å². The molecule has 0 aliphatic heterocycles. The number of carboxylic acid groups (broad SMARTS) is 1. The minimum absolute atomic E-state index is 0.00171. The molecule has 5 aromatic rings. The van der Waals surface area contributed by atoms with Gasteiger partial charge in [-0.25, -0.2) is 37.1 Å². The second-order valence-corrected chi connectivity index (χ2v) is 14.2. The van der Waals surface area contributed by atoms with Gasteiger partial charge in [0.1, 0.15) is 61.4 Å². The molecule has 0 spiro atoms. The predicted octanol–water partition coefficient (Wildman–Crippen LogP) is 1.29. The normalized spacial score (nSPS) is 12.9. The van der Waals surface area contributed by atoms with Gasteiger partial charge < -0.3 is 25.0 Å². The van der Waals surface area contributed by atoms with Crippen LogP contribution in [0.25, 0.3) is 10.2 Å². The van der Waals surface area contributed by atoms with Crippen LogP contribution in [-0.2, 0) is 45.1 Å². The zero-order valence-electron chi connectivity index (χ0n) is 25.5. The number of halogens is 1. The molecular weight excluding hydrogens is 706 g/mol. The number of aliphatic hydroxyl groups excluding tert-OH is 1. The van der Waals surface area contributed by atoms with Crippen molar-refractivity contribution in [3.05, 3.63) is 71.8 Å². The summed E-state index contributed by atoms with van der Waals surface area (Å²) in [5.74, 6) is -0.261. The van der Waals surface area contributed by atoms with E-state index in [-0.39, 0.29) is 29.9 Å². The van der Waals surface area contributed by atoms with E-state index in [1.165, 1.54) is 33.5 Å². The molecule has 1 amide bonds. The number of nitrogens with two attached hydrogens (primary N) is 1. The molecule has 0 bridgehead atoms. The molecule has 5 N–H and O–H groups in total. The Bertz CT molecular complexity index is 2020. The molecule has 1 unspecified atom stereocenters. The smallest absolute Gasteiger partial charge is 0.327 e. The summed E-state index contributed by atoms with van der Waals surface area (Å²) in [5, 5.41) is 42.1. The summed E-state index contributed by atoms with van der Waals surface area (Å²) >= 11 is 2.23. The van der Waals surface area contributed by atoms with Crippen LogP contribution in [-0.4, -0.2) is 90.6 Å². The fourth-order valence-electron chi connectivity index (χ4n) is 4.23. The van der Waals surface area contributed by atoms with E-state index < -0.39 is 47.3 Å². The van der Waals surface area contributed by atoms with E-state index >= 15 is 0 Å². The van der Waals surface area contributed by atoms with Gasteiger partial charge in [0.05, 0.1) is 29.2 Å². The Labute approximate surface area is 286 Å². The molecule has 260 valence electrons. The van der Waals surface area contributed by atoms with Crippen LogP contribution in [0.3, 0.4) is 0 Å². The van der Waals surface area contributed by atoms with Crippen molar-refractivity contribution >= 4 is 55.2 Å². The Balaban J connectivity index is 1.06. The molecule has 0 aliphatic carbocycles. The Hall–Kier alpha value is -4.70. The minimum atomic E-state index is -3.92. The number of fused-ring (bicyclic) bond motifs is 1. The molecule has 0 fully saturated rings. The van der Waals surface area contributed by atoms with Gasteiger partial charge in [-0.05, 0) is 35.9 Å². The monoisotopic (exact) mass is 735 g/mol. The Morgan fingerprint density at radius 2 is 1.80 bits per heavy atom. The van der Waals surface area contributed by atoms with Crippen molar-refractivity contribution in [1.29, 1.82) is 0 Å². The van der Waals surface area contributed by atoms with E-state index in [0.717, 1.165) is 16.9 Å². The first-order valence-corrected chi connectivity index (χ1v) is 17.9. The number of aliphatic carboxylic acids is 1. The molecule has 21 heteroatoms. The highest BCUT2D eigenvalue weighted by Gasteiger charge is 2.21. The maximum absolute atomic E-state index is 13.0. The average molecular weight is 736 g/mol. The van der Waals surface area contributed by atoms with Gasteiger partial charge in [0.15, 0.2) is 0 Å². The molecule has 0 saturated carbocycles. The molecule has 0 aliphatic rings. The lowest BCUT2D eigenvalue weighted by molar-refractivity contribution is -0.141. The van der Waals surface area contributed by atoms with E-state index in [0.29, 0.717) is 38.9 Å². The number of primary sulfonamides is 1. The molecule has 0 saturated heterocycles. The zero-order chi connectivity index (χ0) is 35.0. The van der Waals surface area contributed by atoms with Gasteiger partial charge in [0.25, 0.3) is 10.0 Å².